The number of hydrogen-bond acceptors (Lipinski definition) is 2. The van der Waals surface area contributed by atoms with Gasteiger partial charge in [0.05, 0.1) is 0 Å². The van der Waals surface area contributed by atoms with Gasteiger partial charge in [-0.2, -0.15) is 0 Å². The SMILES string of the molecule is CCN(CC)CCCNC(=NC)NCc1ccc(C)c(F)c1.I. The normalized spacial score (nSPS) is 11.3. The number of aliphatic imine (C=N–C) groups is 1. The maximum atomic E-state index is 13.5. The summed E-state index contributed by atoms with van der Waals surface area (Å²) >= 11 is 0. The highest BCUT2D eigenvalue weighted by atomic mass is 127. The number of hydrogen-bond donors (Lipinski definition) is 2. The van der Waals surface area contributed by atoms with Gasteiger partial charge in [-0.3, -0.25) is 4.99 Å². The van der Waals surface area contributed by atoms with Crippen LogP contribution in [0.25, 0.3) is 0 Å². The van der Waals surface area contributed by atoms with Gasteiger partial charge >= 0.3 is 0 Å². The van der Waals surface area contributed by atoms with Gasteiger partial charge < -0.3 is 15.5 Å². The van der Waals surface area contributed by atoms with Crippen LogP contribution in [-0.2, 0) is 6.54 Å². The van der Waals surface area contributed by atoms with Crippen LogP contribution < -0.4 is 10.6 Å². The number of halogens is 2. The minimum absolute atomic E-state index is 0. The van der Waals surface area contributed by atoms with Gasteiger partial charge in [-0.25, -0.2) is 4.39 Å². The Labute approximate surface area is 157 Å². The highest BCUT2D eigenvalue weighted by Gasteiger charge is 2.02. The molecule has 2 N–H and O–H groups in total. The van der Waals surface area contributed by atoms with Crippen LogP contribution >= 0.6 is 24.0 Å². The molecule has 0 spiro atoms. The van der Waals surface area contributed by atoms with E-state index in [4.69, 9.17) is 0 Å². The van der Waals surface area contributed by atoms with E-state index >= 15 is 0 Å². The summed E-state index contributed by atoms with van der Waals surface area (Å²) in [5.41, 5.74) is 1.58. The molecular weight excluding hydrogens is 406 g/mol. The third-order valence-electron chi connectivity index (χ3n) is 3.76. The van der Waals surface area contributed by atoms with Crippen molar-refractivity contribution in [3.05, 3.63) is 35.1 Å². The number of guanidine groups is 1. The zero-order valence-corrected chi connectivity index (χ0v) is 17.0. The van der Waals surface area contributed by atoms with Crippen molar-refractivity contribution in [3.63, 3.8) is 0 Å². The Morgan fingerprint density at radius 1 is 1.22 bits per heavy atom. The summed E-state index contributed by atoms with van der Waals surface area (Å²) in [5, 5.41) is 6.49. The number of rotatable bonds is 8. The number of benzene rings is 1. The fraction of sp³-hybridized carbons (Fsp3) is 0.588. The van der Waals surface area contributed by atoms with Crippen molar-refractivity contribution >= 4 is 29.9 Å². The van der Waals surface area contributed by atoms with Crippen LogP contribution in [0.2, 0.25) is 0 Å². The number of aryl methyl sites for hydroxylation is 1. The molecule has 1 aromatic rings. The summed E-state index contributed by atoms with van der Waals surface area (Å²) in [4.78, 5) is 6.58. The molecule has 0 aliphatic rings. The van der Waals surface area contributed by atoms with E-state index in [0.717, 1.165) is 44.1 Å². The molecule has 0 saturated carbocycles. The Balaban J connectivity index is 0.00000484. The summed E-state index contributed by atoms with van der Waals surface area (Å²) in [6.07, 6.45) is 1.07. The number of nitrogens with one attached hydrogen (secondary N) is 2. The molecule has 4 nitrogen and oxygen atoms in total. The molecule has 0 amide bonds. The van der Waals surface area contributed by atoms with Gasteiger partial charge in [0.25, 0.3) is 0 Å². The molecule has 0 bridgehead atoms. The molecule has 6 heteroatoms. The summed E-state index contributed by atoms with van der Waals surface area (Å²) in [6, 6.07) is 5.29. The molecule has 23 heavy (non-hydrogen) atoms. The molecule has 132 valence electrons. The minimum atomic E-state index is -0.165. The van der Waals surface area contributed by atoms with Crippen molar-refractivity contribution < 1.29 is 4.39 Å². The van der Waals surface area contributed by atoms with E-state index in [9.17, 15) is 4.39 Å². The van der Waals surface area contributed by atoms with Crippen molar-refractivity contribution in [2.75, 3.05) is 33.2 Å². The highest BCUT2D eigenvalue weighted by Crippen LogP contribution is 2.08. The second kappa shape index (κ2) is 12.5. The van der Waals surface area contributed by atoms with E-state index in [2.05, 4.69) is 34.4 Å². The van der Waals surface area contributed by atoms with E-state index in [1.165, 1.54) is 0 Å². The Morgan fingerprint density at radius 2 is 1.91 bits per heavy atom. The monoisotopic (exact) mass is 436 g/mol. The maximum absolute atomic E-state index is 13.5. The van der Waals surface area contributed by atoms with E-state index in [1.54, 1.807) is 26.1 Å². The highest BCUT2D eigenvalue weighted by molar-refractivity contribution is 14.0. The first-order chi connectivity index (χ1) is 10.6. The Morgan fingerprint density at radius 3 is 2.48 bits per heavy atom. The Hall–Kier alpha value is -0.890. The standard InChI is InChI=1S/C17H29FN4.HI/c1-5-22(6-2)11-7-10-20-17(19-4)21-13-15-9-8-14(3)16(18)12-15;/h8-9,12H,5-7,10-11,13H2,1-4H3,(H2,19,20,21);1H. The van der Waals surface area contributed by atoms with Crippen LogP contribution in [0.1, 0.15) is 31.4 Å². The molecular formula is C17H30FIN4. The average Bonchev–Trinajstić information content (AvgIpc) is 2.53. The largest absolute Gasteiger partial charge is 0.356 e. The number of nitrogens with zero attached hydrogens (tertiary/aromatic N) is 2. The second-order valence-corrected chi connectivity index (χ2v) is 5.32. The van der Waals surface area contributed by atoms with Crippen molar-refractivity contribution in [3.8, 4) is 0 Å². The van der Waals surface area contributed by atoms with Gasteiger partial charge in [-0.05, 0) is 50.2 Å². The predicted octanol–water partition coefficient (Wildman–Crippen LogP) is 3.15. The maximum Gasteiger partial charge on any atom is 0.191 e. The summed E-state index contributed by atoms with van der Waals surface area (Å²) in [6.45, 7) is 10.8. The zero-order chi connectivity index (χ0) is 16.4. The quantitative estimate of drug-likeness (QED) is 0.285. The molecule has 0 saturated heterocycles. The van der Waals surface area contributed by atoms with E-state index in [-0.39, 0.29) is 29.8 Å². The molecule has 0 radical (unpaired) electrons. The van der Waals surface area contributed by atoms with Crippen molar-refractivity contribution in [2.45, 2.75) is 33.7 Å². The van der Waals surface area contributed by atoms with Gasteiger partial charge in [0, 0.05) is 20.1 Å². The van der Waals surface area contributed by atoms with Gasteiger partial charge in [0.2, 0.25) is 0 Å². The molecule has 1 rings (SSSR count). The molecule has 0 aliphatic carbocycles. The molecule has 0 unspecified atom stereocenters. The van der Waals surface area contributed by atoms with E-state index < -0.39 is 0 Å². The molecule has 0 heterocycles. The second-order valence-electron chi connectivity index (χ2n) is 5.32. The topological polar surface area (TPSA) is 39.7 Å². The summed E-state index contributed by atoms with van der Waals surface area (Å²) in [7, 11) is 1.75. The molecule has 0 atom stereocenters. The average molecular weight is 436 g/mol. The van der Waals surface area contributed by atoms with Crippen LogP contribution in [0.3, 0.4) is 0 Å². The van der Waals surface area contributed by atoms with Gasteiger partial charge in [0.1, 0.15) is 5.82 Å². The first-order valence-corrected chi connectivity index (χ1v) is 8.02. The first kappa shape index (κ1) is 22.1. The summed E-state index contributed by atoms with van der Waals surface area (Å²) < 4.78 is 13.5. The lowest BCUT2D eigenvalue weighted by Gasteiger charge is -2.18. The Bertz CT molecular complexity index is 476. The minimum Gasteiger partial charge on any atom is -0.356 e. The first-order valence-electron chi connectivity index (χ1n) is 8.02. The smallest absolute Gasteiger partial charge is 0.191 e. The van der Waals surface area contributed by atoms with Crippen LogP contribution in [0.15, 0.2) is 23.2 Å². The van der Waals surface area contributed by atoms with E-state index in [1.807, 2.05) is 6.07 Å². The van der Waals surface area contributed by atoms with Crippen molar-refractivity contribution in [2.24, 2.45) is 4.99 Å². The van der Waals surface area contributed by atoms with Crippen LogP contribution in [0.5, 0.6) is 0 Å². The van der Waals surface area contributed by atoms with Crippen LogP contribution in [0.4, 0.5) is 4.39 Å². The molecule has 0 aromatic heterocycles. The van der Waals surface area contributed by atoms with Gasteiger partial charge in [-0.1, -0.05) is 26.0 Å². The molecule has 0 fully saturated rings. The van der Waals surface area contributed by atoms with E-state index in [0.29, 0.717) is 12.1 Å². The Kier molecular flexibility index (Phi) is 12.0. The molecule has 0 aliphatic heterocycles. The lowest BCUT2D eigenvalue weighted by Crippen LogP contribution is -2.38. The zero-order valence-electron chi connectivity index (χ0n) is 14.7. The fourth-order valence-corrected chi connectivity index (χ4v) is 2.20. The van der Waals surface area contributed by atoms with Crippen molar-refractivity contribution in [1.82, 2.24) is 15.5 Å². The van der Waals surface area contributed by atoms with Gasteiger partial charge in [-0.15, -0.1) is 24.0 Å². The lowest BCUT2D eigenvalue weighted by molar-refractivity contribution is 0.300. The van der Waals surface area contributed by atoms with Crippen LogP contribution in [0, 0.1) is 12.7 Å². The van der Waals surface area contributed by atoms with Crippen LogP contribution in [-0.4, -0.2) is 44.1 Å². The third kappa shape index (κ3) is 8.50. The third-order valence-corrected chi connectivity index (χ3v) is 3.76. The molecule has 1 aromatic carbocycles. The van der Waals surface area contributed by atoms with Gasteiger partial charge in [0.15, 0.2) is 5.96 Å². The van der Waals surface area contributed by atoms with Crippen molar-refractivity contribution in [1.29, 1.82) is 0 Å². The lowest BCUT2D eigenvalue weighted by atomic mass is 10.1. The predicted molar refractivity (Wildman–Crippen MR) is 107 cm³/mol. The fourth-order valence-electron chi connectivity index (χ4n) is 2.20. The summed E-state index contributed by atoms with van der Waals surface area (Å²) in [5.74, 6) is 0.585.